The van der Waals surface area contributed by atoms with Gasteiger partial charge in [0.15, 0.2) is 0 Å². The highest BCUT2D eigenvalue weighted by Crippen LogP contribution is 2.30. The van der Waals surface area contributed by atoms with Crippen LogP contribution in [0.15, 0.2) is 35.1 Å². The van der Waals surface area contributed by atoms with Gasteiger partial charge in [0.05, 0.1) is 12.5 Å². The van der Waals surface area contributed by atoms with Crippen molar-refractivity contribution in [2.75, 3.05) is 5.32 Å². The third-order valence-electron chi connectivity index (χ3n) is 2.88. The molecule has 92 valence electrons. The molecule has 1 aliphatic rings. The van der Waals surface area contributed by atoms with Crippen LogP contribution in [0.2, 0.25) is 0 Å². The SMILES string of the molecule is O=C(Nc1ccc(-c2ccoc2)c(F)n1)C1CC1. The number of anilines is 1. The minimum Gasteiger partial charge on any atom is -0.472 e. The maximum absolute atomic E-state index is 13.8. The van der Waals surface area contributed by atoms with Gasteiger partial charge in [-0.25, -0.2) is 4.98 Å². The standard InChI is InChI=1S/C13H11FN2O2/c14-12-10(9-5-6-18-7-9)3-4-11(15-12)16-13(17)8-1-2-8/h3-8H,1-2H2,(H,15,16,17). The monoisotopic (exact) mass is 246 g/mol. The van der Waals surface area contributed by atoms with Gasteiger partial charge in [0.2, 0.25) is 11.9 Å². The summed E-state index contributed by atoms with van der Waals surface area (Å²) in [4.78, 5) is 15.3. The number of rotatable bonds is 3. The summed E-state index contributed by atoms with van der Waals surface area (Å²) in [7, 11) is 0. The fourth-order valence-electron chi connectivity index (χ4n) is 1.71. The highest BCUT2D eigenvalue weighted by Gasteiger charge is 2.29. The summed E-state index contributed by atoms with van der Waals surface area (Å²) in [5.41, 5.74) is 0.980. The van der Waals surface area contributed by atoms with Gasteiger partial charge in [0, 0.05) is 17.0 Å². The van der Waals surface area contributed by atoms with Crippen molar-refractivity contribution in [1.29, 1.82) is 0 Å². The van der Waals surface area contributed by atoms with Crippen LogP contribution in [-0.4, -0.2) is 10.9 Å². The number of halogens is 1. The summed E-state index contributed by atoms with van der Waals surface area (Å²) in [5, 5.41) is 2.60. The lowest BCUT2D eigenvalue weighted by atomic mass is 10.1. The van der Waals surface area contributed by atoms with Gasteiger partial charge < -0.3 is 9.73 Å². The number of furan rings is 1. The van der Waals surface area contributed by atoms with Gasteiger partial charge >= 0.3 is 0 Å². The van der Waals surface area contributed by atoms with Crippen LogP contribution < -0.4 is 5.32 Å². The van der Waals surface area contributed by atoms with Crippen LogP contribution in [0, 0.1) is 11.9 Å². The van der Waals surface area contributed by atoms with E-state index in [2.05, 4.69) is 10.3 Å². The van der Waals surface area contributed by atoms with Gasteiger partial charge in [-0.2, -0.15) is 4.39 Å². The first-order valence-corrected chi connectivity index (χ1v) is 5.74. The summed E-state index contributed by atoms with van der Waals surface area (Å²) in [5.74, 6) is -0.386. The molecule has 2 heterocycles. The lowest BCUT2D eigenvalue weighted by Crippen LogP contribution is -2.14. The molecule has 1 N–H and O–H groups in total. The largest absolute Gasteiger partial charge is 0.472 e. The summed E-state index contributed by atoms with van der Waals surface area (Å²) in [6.07, 6.45) is 4.73. The molecule has 0 spiro atoms. The molecule has 2 aromatic rings. The lowest BCUT2D eigenvalue weighted by Gasteiger charge is -2.05. The normalized spacial score (nSPS) is 14.5. The maximum Gasteiger partial charge on any atom is 0.228 e. The molecule has 0 atom stereocenters. The van der Waals surface area contributed by atoms with E-state index >= 15 is 0 Å². The van der Waals surface area contributed by atoms with Crippen LogP contribution in [0.5, 0.6) is 0 Å². The van der Waals surface area contributed by atoms with Gasteiger partial charge in [0.1, 0.15) is 5.82 Å². The fraction of sp³-hybridized carbons (Fsp3) is 0.231. The van der Waals surface area contributed by atoms with Crippen molar-refractivity contribution in [3.63, 3.8) is 0 Å². The minimum atomic E-state index is -0.620. The number of carbonyl (C=O) groups is 1. The van der Waals surface area contributed by atoms with Crippen LogP contribution in [0.1, 0.15) is 12.8 Å². The van der Waals surface area contributed by atoms with Crippen molar-refractivity contribution in [3.8, 4) is 11.1 Å². The van der Waals surface area contributed by atoms with Crippen LogP contribution >= 0.6 is 0 Å². The summed E-state index contributed by atoms with van der Waals surface area (Å²) in [6.45, 7) is 0. The zero-order chi connectivity index (χ0) is 12.5. The summed E-state index contributed by atoms with van der Waals surface area (Å²) >= 11 is 0. The molecule has 1 fully saturated rings. The van der Waals surface area contributed by atoms with E-state index in [-0.39, 0.29) is 17.6 Å². The summed E-state index contributed by atoms with van der Waals surface area (Å²) < 4.78 is 18.7. The highest BCUT2D eigenvalue weighted by atomic mass is 19.1. The Bertz CT molecular complexity index is 577. The molecule has 0 unspecified atom stereocenters. The topological polar surface area (TPSA) is 55.1 Å². The zero-order valence-corrected chi connectivity index (χ0v) is 9.52. The maximum atomic E-state index is 13.8. The van der Waals surface area contributed by atoms with E-state index in [1.54, 1.807) is 18.2 Å². The molecule has 0 aliphatic heterocycles. The number of pyridine rings is 1. The van der Waals surface area contributed by atoms with Crippen LogP contribution in [-0.2, 0) is 4.79 Å². The highest BCUT2D eigenvalue weighted by molar-refractivity contribution is 5.93. The van der Waals surface area contributed by atoms with Gasteiger partial charge in [-0.3, -0.25) is 4.79 Å². The van der Waals surface area contributed by atoms with E-state index in [1.807, 2.05) is 0 Å². The second-order valence-corrected chi connectivity index (χ2v) is 4.31. The molecule has 0 aromatic carbocycles. The Morgan fingerprint density at radius 3 is 2.83 bits per heavy atom. The molecular weight excluding hydrogens is 235 g/mol. The second kappa shape index (κ2) is 4.25. The Morgan fingerprint density at radius 2 is 2.22 bits per heavy atom. The molecule has 0 saturated heterocycles. The van der Waals surface area contributed by atoms with Crippen molar-refractivity contribution in [3.05, 3.63) is 36.7 Å². The quantitative estimate of drug-likeness (QED) is 0.847. The van der Waals surface area contributed by atoms with Crippen molar-refractivity contribution < 1.29 is 13.6 Å². The van der Waals surface area contributed by atoms with E-state index in [9.17, 15) is 9.18 Å². The van der Waals surface area contributed by atoms with Crippen molar-refractivity contribution in [1.82, 2.24) is 4.98 Å². The number of nitrogens with zero attached hydrogens (tertiary/aromatic N) is 1. The molecule has 1 saturated carbocycles. The number of carbonyl (C=O) groups excluding carboxylic acids is 1. The molecule has 0 radical (unpaired) electrons. The Morgan fingerprint density at radius 1 is 1.39 bits per heavy atom. The Labute approximate surface area is 103 Å². The lowest BCUT2D eigenvalue weighted by molar-refractivity contribution is -0.117. The first-order chi connectivity index (χ1) is 8.74. The average molecular weight is 246 g/mol. The number of amides is 1. The van der Waals surface area contributed by atoms with Crippen LogP contribution in [0.3, 0.4) is 0 Å². The second-order valence-electron chi connectivity index (χ2n) is 4.31. The zero-order valence-electron chi connectivity index (χ0n) is 9.52. The third-order valence-corrected chi connectivity index (χ3v) is 2.88. The number of hydrogen-bond acceptors (Lipinski definition) is 3. The first kappa shape index (κ1) is 11.0. The summed E-state index contributed by atoms with van der Waals surface area (Å²) in [6, 6.07) is 4.82. The Kier molecular flexibility index (Phi) is 2.59. The number of aromatic nitrogens is 1. The molecule has 0 bridgehead atoms. The van der Waals surface area contributed by atoms with Crippen molar-refractivity contribution in [2.24, 2.45) is 5.92 Å². The molecule has 4 nitrogen and oxygen atoms in total. The van der Waals surface area contributed by atoms with E-state index < -0.39 is 5.95 Å². The van der Waals surface area contributed by atoms with Crippen LogP contribution in [0.25, 0.3) is 11.1 Å². The number of nitrogens with one attached hydrogen (secondary N) is 1. The molecule has 18 heavy (non-hydrogen) atoms. The predicted octanol–water partition coefficient (Wildman–Crippen LogP) is 2.83. The van der Waals surface area contributed by atoms with Gasteiger partial charge in [0.25, 0.3) is 0 Å². The smallest absolute Gasteiger partial charge is 0.228 e. The van der Waals surface area contributed by atoms with E-state index in [0.717, 1.165) is 12.8 Å². The van der Waals surface area contributed by atoms with Crippen molar-refractivity contribution in [2.45, 2.75) is 12.8 Å². The van der Waals surface area contributed by atoms with E-state index in [1.165, 1.54) is 12.5 Å². The Balaban J connectivity index is 1.82. The van der Waals surface area contributed by atoms with Gasteiger partial charge in [-0.15, -0.1) is 0 Å². The fourth-order valence-corrected chi connectivity index (χ4v) is 1.71. The minimum absolute atomic E-state index is 0.0726. The third kappa shape index (κ3) is 2.11. The van der Waals surface area contributed by atoms with Gasteiger partial charge in [-0.1, -0.05) is 0 Å². The molecule has 5 heteroatoms. The molecule has 1 aliphatic carbocycles. The molecule has 3 rings (SSSR count). The van der Waals surface area contributed by atoms with E-state index in [0.29, 0.717) is 11.1 Å². The molecular formula is C13H11FN2O2. The molecule has 1 amide bonds. The number of hydrogen-bond donors (Lipinski definition) is 1. The van der Waals surface area contributed by atoms with Crippen LogP contribution in [0.4, 0.5) is 10.2 Å². The van der Waals surface area contributed by atoms with E-state index in [4.69, 9.17) is 4.42 Å². The van der Waals surface area contributed by atoms with Gasteiger partial charge in [-0.05, 0) is 31.0 Å². The Hall–Kier alpha value is -2.17. The first-order valence-electron chi connectivity index (χ1n) is 5.74. The molecule has 2 aromatic heterocycles. The predicted molar refractivity (Wildman–Crippen MR) is 63.3 cm³/mol. The average Bonchev–Trinajstić information content (AvgIpc) is 3.07. The van der Waals surface area contributed by atoms with Crippen molar-refractivity contribution >= 4 is 11.7 Å².